The Morgan fingerprint density at radius 2 is 1.88 bits per heavy atom. The van der Waals surface area contributed by atoms with Crippen LogP contribution < -0.4 is 16.0 Å². The molecule has 2 fully saturated rings. The first-order valence-electron chi connectivity index (χ1n) is 11.9. The zero-order valence-electron chi connectivity index (χ0n) is 19.5. The maximum Gasteiger partial charge on any atom is 0.177 e. The molecule has 6 nitrogen and oxygen atoms in total. The van der Waals surface area contributed by atoms with E-state index in [9.17, 15) is 4.39 Å². The van der Waals surface area contributed by atoms with Crippen molar-refractivity contribution in [3.63, 3.8) is 0 Å². The minimum Gasteiger partial charge on any atom is -0.380 e. The van der Waals surface area contributed by atoms with E-state index in [1.807, 2.05) is 16.8 Å². The normalized spacial score (nSPS) is 19.5. The molecular formula is C27H29FN6. The van der Waals surface area contributed by atoms with Gasteiger partial charge in [-0.2, -0.15) is 5.10 Å². The van der Waals surface area contributed by atoms with Gasteiger partial charge in [0.15, 0.2) is 5.65 Å². The molecule has 6 rings (SSSR count). The van der Waals surface area contributed by atoms with E-state index < -0.39 is 0 Å². The van der Waals surface area contributed by atoms with Gasteiger partial charge < -0.3 is 16.0 Å². The van der Waals surface area contributed by atoms with Gasteiger partial charge in [-0.1, -0.05) is 12.1 Å². The average Bonchev–Trinajstić information content (AvgIpc) is 3.76. The van der Waals surface area contributed by atoms with E-state index in [1.165, 1.54) is 36.1 Å². The van der Waals surface area contributed by atoms with E-state index in [-0.39, 0.29) is 11.4 Å². The molecule has 0 bridgehead atoms. The molecule has 1 aliphatic heterocycles. The lowest BCUT2D eigenvalue weighted by Crippen LogP contribution is -2.23. The first-order chi connectivity index (χ1) is 16.5. The number of benzene rings is 2. The first kappa shape index (κ1) is 21.3. The quantitative estimate of drug-likeness (QED) is 0.340. The zero-order chi connectivity index (χ0) is 23.3. The average molecular weight is 457 g/mol. The van der Waals surface area contributed by atoms with E-state index in [0.717, 1.165) is 53.5 Å². The molecule has 3 N–H and O–H groups in total. The number of hydrogen-bond donors (Lipinski definition) is 3. The monoisotopic (exact) mass is 456 g/mol. The molecule has 3 heterocycles. The molecule has 2 aliphatic rings. The van der Waals surface area contributed by atoms with Crippen molar-refractivity contribution in [1.29, 1.82) is 0 Å². The lowest BCUT2D eigenvalue weighted by molar-refractivity contribution is 0.628. The van der Waals surface area contributed by atoms with E-state index in [0.29, 0.717) is 6.04 Å². The summed E-state index contributed by atoms with van der Waals surface area (Å²) < 4.78 is 15.4. The fourth-order valence-electron chi connectivity index (χ4n) is 4.22. The van der Waals surface area contributed by atoms with Crippen molar-refractivity contribution < 1.29 is 4.39 Å². The van der Waals surface area contributed by atoms with E-state index in [2.05, 4.69) is 48.0 Å². The van der Waals surface area contributed by atoms with E-state index in [4.69, 9.17) is 10.1 Å². The third-order valence-corrected chi connectivity index (χ3v) is 6.85. The molecule has 174 valence electrons. The second kappa shape index (κ2) is 8.18. The lowest BCUT2D eigenvalue weighted by atomic mass is 10.0. The molecule has 2 aromatic heterocycles. The Labute approximate surface area is 198 Å². The van der Waals surface area contributed by atoms with Gasteiger partial charge in [0.25, 0.3) is 0 Å². The van der Waals surface area contributed by atoms with Crippen LogP contribution in [0, 0.1) is 12.7 Å². The van der Waals surface area contributed by atoms with Gasteiger partial charge in [0, 0.05) is 42.3 Å². The van der Waals surface area contributed by atoms with Crippen molar-refractivity contribution in [1.82, 2.24) is 25.2 Å². The van der Waals surface area contributed by atoms with Crippen LogP contribution >= 0.6 is 0 Å². The van der Waals surface area contributed by atoms with Crippen LogP contribution in [0.25, 0.3) is 28.2 Å². The highest BCUT2D eigenvalue weighted by Crippen LogP contribution is 2.30. The lowest BCUT2D eigenvalue weighted by Gasteiger charge is -2.14. The van der Waals surface area contributed by atoms with Crippen molar-refractivity contribution in [2.75, 3.05) is 18.4 Å². The predicted octanol–water partition coefficient (Wildman–Crippen LogP) is 4.54. The number of halogens is 1. The predicted molar refractivity (Wildman–Crippen MR) is 133 cm³/mol. The second-order valence-corrected chi connectivity index (χ2v) is 9.89. The van der Waals surface area contributed by atoms with E-state index in [1.54, 1.807) is 12.1 Å². The van der Waals surface area contributed by atoms with Gasteiger partial charge in [0.1, 0.15) is 5.82 Å². The summed E-state index contributed by atoms with van der Waals surface area (Å²) in [6.07, 6.45) is 4.45. The van der Waals surface area contributed by atoms with Gasteiger partial charge in [-0.3, -0.25) is 0 Å². The van der Waals surface area contributed by atoms with Crippen LogP contribution in [0.3, 0.4) is 0 Å². The number of aromatic nitrogens is 3. The summed E-state index contributed by atoms with van der Waals surface area (Å²) in [5, 5.41) is 15.5. The Morgan fingerprint density at radius 1 is 1.12 bits per heavy atom. The van der Waals surface area contributed by atoms with Crippen molar-refractivity contribution in [3.8, 4) is 22.5 Å². The second-order valence-electron chi connectivity index (χ2n) is 9.89. The Kier molecular flexibility index (Phi) is 5.12. The molecule has 7 heteroatoms. The molecule has 2 aromatic carbocycles. The van der Waals surface area contributed by atoms with Crippen LogP contribution in [0.1, 0.15) is 30.9 Å². The molecule has 1 saturated carbocycles. The third-order valence-electron chi connectivity index (χ3n) is 6.85. The van der Waals surface area contributed by atoms with Crippen molar-refractivity contribution in [3.05, 3.63) is 71.7 Å². The minimum absolute atomic E-state index is 0.104. The molecule has 1 atom stereocenters. The summed E-state index contributed by atoms with van der Waals surface area (Å²) in [4.78, 5) is 4.73. The standard InChI is InChI=1S/C27H29FN6/c1-17-11-19(3-4-20(17)13-29-22-9-10-22)25-14-30-26-24(31-15-27(2)16-32-27)12-23(33-34(25)26)18-5-7-21(28)8-6-18/h3-8,11-12,14,22,29,31-32H,9-10,13,15-16H2,1-2H3. The van der Waals surface area contributed by atoms with E-state index >= 15 is 0 Å². The van der Waals surface area contributed by atoms with Gasteiger partial charge in [-0.05, 0) is 74.2 Å². The number of rotatable bonds is 8. The summed E-state index contributed by atoms with van der Waals surface area (Å²) in [7, 11) is 0. The van der Waals surface area contributed by atoms with Crippen LogP contribution in [0.2, 0.25) is 0 Å². The number of nitrogens with zero attached hydrogens (tertiary/aromatic N) is 3. The molecule has 1 saturated heterocycles. The number of anilines is 1. The maximum atomic E-state index is 13.5. The molecule has 1 aliphatic carbocycles. The minimum atomic E-state index is -0.258. The van der Waals surface area contributed by atoms with Gasteiger partial charge in [-0.25, -0.2) is 13.9 Å². The molecule has 0 amide bonds. The molecule has 1 unspecified atom stereocenters. The molecule has 0 spiro atoms. The van der Waals surface area contributed by atoms with Crippen LogP contribution in [0.4, 0.5) is 10.1 Å². The Bertz CT molecular complexity index is 1350. The topological polar surface area (TPSA) is 76.2 Å². The van der Waals surface area contributed by atoms with Crippen molar-refractivity contribution in [2.24, 2.45) is 0 Å². The molecule has 34 heavy (non-hydrogen) atoms. The number of fused-ring (bicyclic) bond motifs is 1. The summed E-state index contributed by atoms with van der Waals surface area (Å²) in [5.41, 5.74) is 8.00. The number of aryl methyl sites for hydroxylation is 1. The fourth-order valence-corrected chi connectivity index (χ4v) is 4.22. The molecule has 0 radical (unpaired) electrons. The van der Waals surface area contributed by atoms with Crippen LogP contribution in [0.5, 0.6) is 0 Å². The summed E-state index contributed by atoms with van der Waals surface area (Å²) in [5.74, 6) is -0.258. The SMILES string of the molecule is Cc1cc(-c2cnc3c(NCC4(C)CN4)cc(-c4ccc(F)cc4)nn23)ccc1CNC1CC1. The summed E-state index contributed by atoms with van der Waals surface area (Å²) >= 11 is 0. The van der Waals surface area contributed by atoms with Gasteiger partial charge in [-0.15, -0.1) is 0 Å². The Hall–Kier alpha value is -3.29. The van der Waals surface area contributed by atoms with Gasteiger partial charge >= 0.3 is 0 Å². The Balaban J connectivity index is 1.40. The highest BCUT2D eigenvalue weighted by atomic mass is 19.1. The molecular weight excluding hydrogens is 427 g/mol. The highest BCUT2D eigenvalue weighted by Gasteiger charge is 2.36. The summed E-state index contributed by atoms with van der Waals surface area (Å²) in [6, 6.07) is 15.7. The van der Waals surface area contributed by atoms with Crippen LogP contribution in [0.15, 0.2) is 54.7 Å². The summed E-state index contributed by atoms with van der Waals surface area (Å²) in [6.45, 7) is 7.04. The number of imidazole rings is 1. The van der Waals surface area contributed by atoms with Crippen LogP contribution in [-0.4, -0.2) is 39.3 Å². The maximum absolute atomic E-state index is 13.5. The first-order valence-corrected chi connectivity index (χ1v) is 11.9. The molecule has 4 aromatic rings. The van der Waals surface area contributed by atoms with Gasteiger partial charge in [0.05, 0.1) is 23.3 Å². The van der Waals surface area contributed by atoms with Crippen LogP contribution in [-0.2, 0) is 6.54 Å². The highest BCUT2D eigenvalue weighted by molar-refractivity contribution is 5.77. The number of hydrogen-bond acceptors (Lipinski definition) is 5. The van der Waals surface area contributed by atoms with Crippen molar-refractivity contribution in [2.45, 2.75) is 44.8 Å². The van der Waals surface area contributed by atoms with Crippen molar-refractivity contribution >= 4 is 11.3 Å². The smallest absolute Gasteiger partial charge is 0.177 e. The zero-order valence-corrected chi connectivity index (χ0v) is 19.5. The van der Waals surface area contributed by atoms with Gasteiger partial charge in [0.2, 0.25) is 0 Å². The fraction of sp³-hybridized carbons (Fsp3) is 0.333. The largest absolute Gasteiger partial charge is 0.380 e. The number of nitrogens with one attached hydrogen (secondary N) is 3. The third kappa shape index (κ3) is 4.29. The Morgan fingerprint density at radius 3 is 2.59 bits per heavy atom.